The fraction of sp³-hybridized carbons (Fsp3) is 0.818. The van der Waals surface area contributed by atoms with Gasteiger partial charge in [0.15, 0.2) is 0 Å². The molecule has 1 aliphatic heterocycles. The van der Waals surface area contributed by atoms with Crippen molar-refractivity contribution in [3.05, 3.63) is 11.6 Å². The van der Waals surface area contributed by atoms with Gasteiger partial charge in [0.25, 0.3) is 0 Å². The maximum absolute atomic E-state index is 6.26. The van der Waals surface area contributed by atoms with Crippen molar-refractivity contribution in [2.45, 2.75) is 49.8 Å². The first-order valence-electron chi connectivity index (χ1n) is 5.44. The van der Waals surface area contributed by atoms with E-state index in [2.05, 4.69) is 17.8 Å². The highest BCUT2D eigenvalue weighted by Crippen LogP contribution is 2.32. The first kappa shape index (κ1) is 9.60. The van der Waals surface area contributed by atoms with Crippen LogP contribution in [0.1, 0.15) is 38.5 Å². The van der Waals surface area contributed by atoms with Crippen LogP contribution in [0.25, 0.3) is 0 Å². The lowest BCUT2D eigenvalue weighted by Gasteiger charge is -2.24. The third-order valence-electron chi connectivity index (χ3n) is 3.12. The zero-order chi connectivity index (χ0) is 9.10. The molecule has 1 nitrogen and oxygen atoms in total. The van der Waals surface area contributed by atoms with Crippen molar-refractivity contribution >= 4 is 11.8 Å². The standard InChI is InChI=1S/C11H19NS/c12-11(10-7-4-8-13-10)9-5-2-1-3-6-9/h5,10-11H,1-4,6-8,12H2. The summed E-state index contributed by atoms with van der Waals surface area (Å²) < 4.78 is 0. The molecule has 2 N–H and O–H groups in total. The summed E-state index contributed by atoms with van der Waals surface area (Å²) in [4.78, 5) is 0. The second-order valence-electron chi connectivity index (χ2n) is 4.10. The Morgan fingerprint density at radius 2 is 2.31 bits per heavy atom. The Morgan fingerprint density at radius 3 is 2.92 bits per heavy atom. The minimum Gasteiger partial charge on any atom is -0.323 e. The molecular formula is C11H19NS. The molecule has 13 heavy (non-hydrogen) atoms. The van der Waals surface area contributed by atoms with Crippen molar-refractivity contribution in [1.29, 1.82) is 0 Å². The molecule has 1 saturated heterocycles. The van der Waals surface area contributed by atoms with Crippen LogP contribution >= 0.6 is 11.8 Å². The van der Waals surface area contributed by atoms with E-state index in [0.29, 0.717) is 6.04 Å². The third kappa shape index (κ3) is 2.29. The molecule has 0 spiro atoms. The number of rotatable bonds is 2. The van der Waals surface area contributed by atoms with Gasteiger partial charge in [0, 0.05) is 11.3 Å². The van der Waals surface area contributed by atoms with Crippen molar-refractivity contribution in [2.24, 2.45) is 5.73 Å². The summed E-state index contributed by atoms with van der Waals surface area (Å²) in [6.45, 7) is 0. The maximum Gasteiger partial charge on any atom is 0.0374 e. The normalized spacial score (nSPS) is 31.5. The predicted octanol–water partition coefficient (Wildman–Crippen LogP) is 2.71. The van der Waals surface area contributed by atoms with E-state index in [9.17, 15) is 0 Å². The lowest BCUT2D eigenvalue weighted by molar-refractivity contribution is 0.604. The number of thioether (sulfide) groups is 1. The van der Waals surface area contributed by atoms with Crippen LogP contribution in [0.2, 0.25) is 0 Å². The Hall–Kier alpha value is 0.0500. The first-order valence-corrected chi connectivity index (χ1v) is 6.49. The topological polar surface area (TPSA) is 26.0 Å². The van der Waals surface area contributed by atoms with Gasteiger partial charge in [-0.15, -0.1) is 0 Å². The van der Waals surface area contributed by atoms with Crippen LogP contribution < -0.4 is 5.73 Å². The largest absolute Gasteiger partial charge is 0.323 e. The summed E-state index contributed by atoms with van der Waals surface area (Å²) >= 11 is 2.08. The quantitative estimate of drug-likeness (QED) is 0.689. The Labute approximate surface area is 85.2 Å². The fourth-order valence-corrected chi connectivity index (χ4v) is 3.64. The minimum atomic E-state index is 0.368. The molecular weight excluding hydrogens is 178 g/mol. The Bertz CT molecular complexity index is 194. The second-order valence-corrected chi connectivity index (χ2v) is 5.45. The minimum absolute atomic E-state index is 0.368. The number of nitrogens with two attached hydrogens (primary N) is 1. The van der Waals surface area contributed by atoms with Gasteiger partial charge in [-0.05, 0) is 44.3 Å². The van der Waals surface area contributed by atoms with E-state index in [-0.39, 0.29) is 0 Å². The Morgan fingerprint density at radius 1 is 1.38 bits per heavy atom. The summed E-state index contributed by atoms with van der Waals surface area (Å²) in [5.74, 6) is 1.33. The highest BCUT2D eigenvalue weighted by molar-refractivity contribution is 8.00. The van der Waals surface area contributed by atoms with Crippen LogP contribution in [0.15, 0.2) is 11.6 Å². The summed E-state index contributed by atoms with van der Waals surface area (Å²) in [5, 5.41) is 0.726. The van der Waals surface area contributed by atoms with Crippen molar-refractivity contribution < 1.29 is 0 Å². The second kappa shape index (κ2) is 4.52. The van der Waals surface area contributed by atoms with Crippen LogP contribution in [0, 0.1) is 0 Å². The first-order chi connectivity index (χ1) is 6.38. The molecule has 2 heteroatoms. The van der Waals surface area contributed by atoms with Crippen LogP contribution in [0.5, 0.6) is 0 Å². The summed E-state index contributed by atoms with van der Waals surface area (Å²) in [6, 6.07) is 0.368. The zero-order valence-corrected chi connectivity index (χ0v) is 8.98. The van der Waals surface area contributed by atoms with E-state index < -0.39 is 0 Å². The Kier molecular flexibility index (Phi) is 3.33. The number of hydrogen-bond donors (Lipinski definition) is 1. The fourth-order valence-electron chi connectivity index (χ4n) is 2.29. The van der Waals surface area contributed by atoms with E-state index >= 15 is 0 Å². The molecule has 0 aromatic rings. The molecule has 74 valence electrons. The van der Waals surface area contributed by atoms with Crippen molar-refractivity contribution in [2.75, 3.05) is 5.75 Å². The highest BCUT2D eigenvalue weighted by atomic mass is 32.2. The third-order valence-corrected chi connectivity index (χ3v) is 4.60. The molecule has 1 fully saturated rings. The highest BCUT2D eigenvalue weighted by Gasteiger charge is 2.25. The lowest BCUT2D eigenvalue weighted by atomic mass is 9.91. The van der Waals surface area contributed by atoms with Gasteiger partial charge in [0.05, 0.1) is 0 Å². The van der Waals surface area contributed by atoms with Crippen LogP contribution in [0.3, 0.4) is 0 Å². The summed E-state index contributed by atoms with van der Waals surface area (Å²) in [6.07, 6.45) is 10.4. The predicted molar refractivity (Wildman–Crippen MR) is 60.0 cm³/mol. The maximum atomic E-state index is 6.26. The molecule has 0 radical (unpaired) electrons. The molecule has 0 aromatic carbocycles. The van der Waals surface area contributed by atoms with Gasteiger partial charge >= 0.3 is 0 Å². The number of allylic oxidation sites excluding steroid dienone is 1. The average Bonchev–Trinajstić information content (AvgIpc) is 2.71. The van der Waals surface area contributed by atoms with Gasteiger partial charge in [-0.2, -0.15) is 11.8 Å². The van der Waals surface area contributed by atoms with Gasteiger partial charge in [-0.3, -0.25) is 0 Å². The average molecular weight is 197 g/mol. The van der Waals surface area contributed by atoms with Gasteiger partial charge in [-0.1, -0.05) is 11.6 Å². The Balaban J connectivity index is 1.94. The van der Waals surface area contributed by atoms with Crippen LogP contribution in [-0.2, 0) is 0 Å². The molecule has 0 bridgehead atoms. The molecule has 0 aromatic heterocycles. The summed E-state index contributed by atoms with van der Waals surface area (Å²) in [5.41, 5.74) is 7.81. The van der Waals surface area contributed by atoms with E-state index in [1.165, 1.54) is 44.3 Å². The van der Waals surface area contributed by atoms with Gasteiger partial charge in [0.1, 0.15) is 0 Å². The van der Waals surface area contributed by atoms with E-state index in [1.54, 1.807) is 5.57 Å². The SMILES string of the molecule is NC(C1=CCCCC1)C1CCCS1. The molecule has 2 unspecified atom stereocenters. The van der Waals surface area contributed by atoms with Gasteiger partial charge in [-0.25, -0.2) is 0 Å². The zero-order valence-electron chi connectivity index (χ0n) is 8.17. The van der Waals surface area contributed by atoms with Crippen molar-refractivity contribution in [1.82, 2.24) is 0 Å². The lowest BCUT2D eigenvalue weighted by Crippen LogP contribution is -2.33. The molecule has 1 aliphatic carbocycles. The van der Waals surface area contributed by atoms with E-state index in [4.69, 9.17) is 5.73 Å². The molecule has 1 heterocycles. The number of hydrogen-bond acceptors (Lipinski definition) is 2. The van der Waals surface area contributed by atoms with E-state index in [0.717, 1.165) is 5.25 Å². The van der Waals surface area contributed by atoms with Crippen molar-refractivity contribution in [3.8, 4) is 0 Å². The van der Waals surface area contributed by atoms with E-state index in [1.807, 2.05) is 0 Å². The molecule has 2 aliphatic rings. The molecule has 0 amide bonds. The molecule has 2 rings (SSSR count). The van der Waals surface area contributed by atoms with Crippen molar-refractivity contribution in [3.63, 3.8) is 0 Å². The van der Waals surface area contributed by atoms with Crippen LogP contribution in [0.4, 0.5) is 0 Å². The monoisotopic (exact) mass is 197 g/mol. The summed E-state index contributed by atoms with van der Waals surface area (Å²) in [7, 11) is 0. The smallest absolute Gasteiger partial charge is 0.0374 e. The molecule has 2 atom stereocenters. The van der Waals surface area contributed by atoms with Gasteiger partial charge in [0.2, 0.25) is 0 Å². The molecule has 0 saturated carbocycles. The van der Waals surface area contributed by atoms with Gasteiger partial charge < -0.3 is 5.73 Å². The van der Waals surface area contributed by atoms with Crippen LogP contribution in [-0.4, -0.2) is 17.0 Å².